The Labute approximate surface area is 123 Å². The Morgan fingerprint density at radius 3 is 2.81 bits per heavy atom. The average molecular weight is 307 g/mol. The van der Waals surface area contributed by atoms with E-state index in [-0.39, 0.29) is 23.5 Å². The van der Waals surface area contributed by atoms with Crippen molar-refractivity contribution in [2.24, 2.45) is 5.92 Å². The third-order valence-corrected chi connectivity index (χ3v) is 5.60. The SMILES string of the molecule is C[C@H](NC(=O)[C@@H]1CCS(=O)(=O)C1)c1cc2ccccc2o1. The molecule has 1 N–H and O–H groups in total. The number of fused-ring (bicyclic) bond motifs is 1. The highest BCUT2D eigenvalue weighted by Crippen LogP contribution is 2.25. The van der Waals surface area contributed by atoms with E-state index in [4.69, 9.17) is 4.42 Å². The molecule has 2 atom stereocenters. The van der Waals surface area contributed by atoms with Crippen LogP contribution in [0.2, 0.25) is 0 Å². The standard InChI is InChI=1S/C15H17NO4S/c1-10(14-8-11-4-2-3-5-13(11)20-14)16-15(17)12-6-7-21(18,19)9-12/h2-5,8,10,12H,6-7,9H2,1H3,(H,16,17)/t10-,12+/m0/s1. The highest BCUT2D eigenvalue weighted by atomic mass is 32.2. The van der Waals surface area contributed by atoms with Crippen molar-refractivity contribution < 1.29 is 17.6 Å². The van der Waals surface area contributed by atoms with Gasteiger partial charge in [0.05, 0.1) is 23.5 Å². The summed E-state index contributed by atoms with van der Waals surface area (Å²) in [6.45, 7) is 1.83. The van der Waals surface area contributed by atoms with Gasteiger partial charge in [-0.3, -0.25) is 4.79 Å². The molecule has 0 saturated carbocycles. The van der Waals surface area contributed by atoms with Crippen LogP contribution in [0.15, 0.2) is 34.7 Å². The molecule has 0 unspecified atom stereocenters. The fourth-order valence-corrected chi connectivity index (χ4v) is 4.36. The molecule has 1 aromatic carbocycles. The minimum absolute atomic E-state index is 0.0499. The molecule has 1 amide bonds. The summed E-state index contributed by atoms with van der Waals surface area (Å²) in [5.41, 5.74) is 0.775. The van der Waals surface area contributed by atoms with E-state index in [0.717, 1.165) is 11.0 Å². The molecule has 0 spiro atoms. The number of rotatable bonds is 3. The van der Waals surface area contributed by atoms with Gasteiger partial charge in [0.1, 0.15) is 11.3 Å². The molecule has 1 aromatic heterocycles. The lowest BCUT2D eigenvalue weighted by Crippen LogP contribution is -2.33. The van der Waals surface area contributed by atoms with Gasteiger partial charge in [0.15, 0.2) is 9.84 Å². The summed E-state index contributed by atoms with van der Waals surface area (Å²) in [6.07, 6.45) is 0.404. The van der Waals surface area contributed by atoms with E-state index < -0.39 is 15.8 Å². The van der Waals surface area contributed by atoms with E-state index in [9.17, 15) is 13.2 Å². The number of carbonyl (C=O) groups excluding carboxylic acids is 1. The molecular formula is C15H17NO4S. The number of amides is 1. The minimum Gasteiger partial charge on any atom is -0.459 e. The second-order valence-electron chi connectivity index (χ2n) is 5.52. The topological polar surface area (TPSA) is 76.4 Å². The molecule has 1 aliphatic rings. The highest BCUT2D eigenvalue weighted by Gasteiger charge is 2.33. The summed E-state index contributed by atoms with van der Waals surface area (Å²) >= 11 is 0. The number of hydrogen-bond acceptors (Lipinski definition) is 4. The average Bonchev–Trinajstić information content (AvgIpc) is 3.01. The van der Waals surface area contributed by atoms with E-state index >= 15 is 0 Å². The molecule has 21 heavy (non-hydrogen) atoms. The lowest BCUT2D eigenvalue weighted by molar-refractivity contribution is -0.125. The van der Waals surface area contributed by atoms with E-state index in [1.165, 1.54) is 0 Å². The molecule has 2 heterocycles. The maximum atomic E-state index is 12.1. The predicted octanol–water partition coefficient (Wildman–Crippen LogP) is 2.04. The van der Waals surface area contributed by atoms with Crippen LogP contribution in [-0.2, 0) is 14.6 Å². The molecule has 5 nitrogen and oxygen atoms in total. The molecule has 112 valence electrons. The molecule has 1 aliphatic heterocycles. The zero-order valence-corrected chi connectivity index (χ0v) is 12.5. The monoisotopic (exact) mass is 307 g/mol. The second kappa shape index (κ2) is 5.18. The quantitative estimate of drug-likeness (QED) is 0.941. The maximum absolute atomic E-state index is 12.1. The van der Waals surface area contributed by atoms with Gasteiger partial charge in [0, 0.05) is 5.39 Å². The number of para-hydroxylation sites is 1. The van der Waals surface area contributed by atoms with Crippen LogP contribution in [0, 0.1) is 5.92 Å². The first-order chi connectivity index (χ1) is 9.94. The Bertz CT molecular complexity index is 745. The van der Waals surface area contributed by atoms with Crippen molar-refractivity contribution in [2.45, 2.75) is 19.4 Å². The van der Waals surface area contributed by atoms with E-state index in [1.807, 2.05) is 37.3 Å². The Kier molecular flexibility index (Phi) is 3.49. The number of furan rings is 1. The summed E-state index contributed by atoms with van der Waals surface area (Å²) in [5, 5.41) is 3.82. The Morgan fingerprint density at radius 1 is 1.38 bits per heavy atom. The third-order valence-electron chi connectivity index (χ3n) is 3.83. The first-order valence-electron chi connectivity index (χ1n) is 6.94. The summed E-state index contributed by atoms with van der Waals surface area (Å²) < 4.78 is 28.5. The van der Waals surface area contributed by atoms with Crippen LogP contribution in [0.5, 0.6) is 0 Å². The van der Waals surface area contributed by atoms with Crippen LogP contribution < -0.4 is 5.32 Å². The summed E-state index contributed by atoms with van der Waals surface area (Å²) in [4.78, 5) is 12.1. The summed E-state index contributed by atoms with van der Waals surface area (Å²) in [6, 6.07) is 9.24. The lowest BCUT2D eigenvalue weighted by atomic mass is 10.1. The van der Waals surface area contributed by atoms with Crippen LogP contribution in [-0.4, -0.2) is 25.8 Å². The zero-order valence-electron chi connectivity index (χ0n) is 11.7. The maximum Gasteiger partial charge on any atom is 0.224 e. The van der Waals surface area contributed by atoms with Gasteiger partial charge in [-0.15, -0.1) is 0 Å². The van der Waals surface area contributed by atoms with Gasteiger partial charge in [0.25, 0.3) is 0 Å². The van der Waals surface area contributed by atoms with Crippen molar-refractivity contribution in [3.63, 3.8) is 0 Å². The molecule has 2 aromatic rings. The number of nitrogens with one attached hydrogen (secondary N) is 1. The molecule has 6 heteroatoms. The zero-order chi connectivity index (χ0) is 15.0. The van der Waals surface area contributed by atoms with E-state index in [0.29, 0.717) is 12.2 Å². The van der Waals surface area contributed by atoms with Crippen LogP contribution >= 0.6 is 0 Å². The van der Waals surface area contributed by atoms with Crippen molar-refractivity contribution in [1.29, 1.82) is 0 Å². The molecular weight excluding hydrogens is 290 g/mol. The van der Waals surface area contributed by atoms with Crippen molar-refractivity contribution in [3.8, 4) is 0 Å². The van der Waals surface area contributed by atoms with Gasteiger partial charge in [-0.1, -0.05) is 18.2 Å². The van der Waals surface area contributed by atoms with E-state index in [1.54, 1.807) is 0 Å². The van der Waals surface area contributed by atoms with Gasteiger partial charge in [0.2, 0.25) is 5.91 Å². The molecule has 0 aliphatic carbocycles. The Hall–Kier alpha value is -1.82. The minimum atomic E-state index is -3.05. The van der Waals surface area contributed by atoms with Crippen LogP contribution in [0.25, 0.3) is 11.0 Å². The Balaban J connectivity index is 1.71. The van der Waals surface area contributed by atoms with Gasteiger partial charge in [-0.25, -0.2) is 8.42 Å². The number of carbonyl (C=O) groups is 1. The van der Waals surface area contributed by atoms with Crippen LogP contribution in [0.1, 0.15) is 25.1 Å². The fraction of sp³-hybridized carbons (Fsp3) is 0.400. The Morgan fingerprint density at radius 2 is 2.14 bits per heavy atom. The molecule has 1 saturated heterocycles. The first kappa shape index (κ1) is 14.1. The van der Waals surface area contributed by atoms with Crippen molar-refractivity contribution in [1.82, 2.24) is 5.32 Å². The second-order valence-corrected chi connectivity index (χ2v) is 7.75. The highest BCUT2D eigenvalue weighted by molar-refractivity contribution is 7.91. The smallest absolute Gasteiger partial charge is 0.224 e. The van der Waals surface area contributed by atoms with Crippen LogP contribution in [0.4, 0.5) is 0 Å². The van der Waals surface area contributed by atoms with Crippen molar-refractivity contribution >= 4 is 26.7 Å². The summed E-state index contributed by atoms with van der Waals surface area (Å²) in [5.74, 6) is 0.0618. The van der Waals surface area contributed by atoms with Crippen molar-refractivity contribution in [2.75, 3.05) is 11.5 Å². The van der Waals surface area contributed by atoms with Gasteiger partial charge >= 0.3 is 0 Å². The normalized spacial score (nSPS) is 22.2. The van der Waals surface area contributed by atoms with Crippen molar-refractivity contribution in [3.05, 3.63) is 36.1 Å². The molecule has 1 fully saturated rings. The number of sulfone groups is 1. The van der Waals surface area contributed by atoms with Crippen LogP contribution in [0.3, 0.4) is 0 Å². The van der Waals surface area contributed by atoms with Gasteiger partial charge < -0.3 is 9.73 Å². The van der Waals surface area contributed by atoms with Gasteiger partial charge in [-0.05, 0) is 25.5 Å². The molecule has 0 bridgehead atoms. The van der Waals surface area contributed by atoms with Gasteiger partial charge in [-0.2, -0.15) is 0 Å². The first-order valence-corrected chi connectivity index (χ1v) is 8.76. The predicted molar refractivity (Wildman–Crippen MR) is 79.5 cm³/mol. The summed E-state index contributed by atoms with van der Waals surface area (Å²) in [7, 11) is -3.05. The van der Waals surface area contributed by atoms with E-state index in [2.05, 4.69) is 5.32 Å². The molecule has 0 radical (unpaired) electrons. The lowest BCUT2D eigenvalue weighted by Gasteiger charge is -2.14. The number of benzene rings is 1. The third kappa shape index (κ3) is 2.95. The number of hydrogen-bond donors (Lipinski definition) is 1. The fourth-order valence-electron chi connectivity index (χ4n) is 2.62. The largest absolute Gasteiger partial charge is 0.459 e. The molecule has 3 rings (SSSR count).